The highest BCUT2D eigenvalue weighted by Crippen LogP contribution is 2.31. The van der Waals surface area contributed by atoms with Crippen LogP contribution in [0.25, 0.3) is 22.6 Å². The van der Waals surface area contributed by atoms with Gasteiger partial charge in [-0.2, -0.15) is 18.4 Å². The van der Waals surface area contributed by atoms with Crippen molar-refractivity contribution in [3.05, 3.63) is 82.9 Å². The first-order chi connectivity index (χ1) is 19.7. The summed E-state index contributed by atoms with van der Waals surface area (Å²) in [5.41, 5.74) is 3.20. The summed E-state index contributed by atoms with van der Waals surface area (Å²) in [5, 5.41) is 12.0. The van der Waals surface area contributed by atoms with Crippen molar-refractivity contribution in [2.45, 2.75) is 12.6 Å². The lowest BCUT2D eigenvalue weighted by Gasteiger charge is -2.32. The number of carbonyl (C=O) groups excluding carboxylic acids is 1. The normalized spacial score (nSPS) is 14.9. The number of aldehydes is 1. The number of benzene rings is 2. The molecule has 0 unspecified atom stereocenters. The molecular weight excluding hydrogens is 599 g/mol. The second kappa shape index (κ2) is 15.3. The van der Waals surface area contributed by atoms with Crippen LogP contribution in [-0.2, 0) is 4.79 Å². The monoisotopic (exact) mass is 629 g/mol. The molecule has 0 saturated carbocycles. The molecule has 0 spiro atoms. The Morgan fingerprint density at radius 1 is 1.15 bits per heavy atom. The molecule has 41 heavy (non-hydrogen) atoms. The van der Waals surface area contributed by atoms with Crippen LogP contribution in [0.5, 0.6) is 0 Å². The summed E-state index contributed by atoms with van der Waals surface area (Å²) in [6, 6.07) is 13.3. The first-order valence-electron chi connectivity index (χ1n) is 12.9. The molecule has 1 aromatic heterocycles. The lowest BCUT2D eigenvalue weighted by Crippen LogP contribution is -2.46. The maximum absolute atomic E-state index is 12.6. The summed E-state index contributed by atoms with van der Waals surface area (Å²) in [5.74, 6) is 0.540. The topological polar surface area (TPSA) is 85.4 Å². The van der Waals surface area contributed by atoms with Crippen molar-refractivity contribution >= 4 is 39.0 Å². The molecule has 0 amide bonds. The van der Waals surface area contributed by atoms with Crippen LogP contribution >= 0.6 is 15.9 Å². The molecule has 1 aliphatic rings. The molecule has 7 nitrogen and oxygen atoms in total. The van der Waals surface area contributed by atoms with Crippen molar-refractivity contribution < 1.29 is 22.4 Å². The van der Waals surface area contributed by atoms with Gasteiger partial charge in [-0.3, -0.25) is 9.80 Å². The van der Waals surface area contributed by atoms with Gasteiger partial charge in [0.1, 0.15) is 11.8 Å². The van der Waals surface area contributed by atoms with Gasteiger partial charge in [-0.25, -0.2) is 4.98 Å². The summed E-state index contributed by atoms with van der Waals surface area (Å²) in [6.45, 7) is 7.67. The van der Waals surface area contributed by atoms with Crippen molar-refractivity contribution in [1.82, 2.24) is 14.8 Å². The second-order valence-electron chi connectivity index (χ2n) is 9.13. The fourth-order valence-electron chi connectivity index (χ4n) is 4.07. The van der Waals surface area contributed by atoms with Gasteiger partial charge in [0.25, 0.3) is 0 Å². The second-order valence-corrected chi connectivity index (χ2v) is 9.99. The van der Waals surface area contributed by atoms with E-state index in [1.165, 1.54) is 0 Å². The van der Waals surface area contributed by atoms with Crippen LogP contribution in [0.2, 0.25) is 0 Å². The van der Waals surface area contributed by atoms with E-state index in [9.17, 15) is 18.0 Å². The molecule has 1 aliphatic heterocycles. The van der Waals surface area contributed by atoms with Crippen LogP contribution in [0.15, 0.2) is 81.7 Å². The number of rotatable bonds is 9. The molecule has 1 saturated heterocycles. The number of nitriles is 1. The van der Waals surface area contributed by atoms with Gasteiger partial charge in [-0.05, 0) is 58.7 Å². The standard InChI is InChI=1S/C15H10BrN3O.C15H21F3N2O/c1-18-11-4-2-10(3-5-11)15-19-13-7-9(8-17)6-12(16)14(13)20-15;1-2-5-14(15(16,17)18)6-3-4-7-19-8-10-20(11-9-19)12-13-21/h2-7,18H,1H3;2-5,13H,1,6-12H2/b;4-3-,14-5+. The molecule has 2 heterocycles. The summed E-state index contributed by atoms with van der Waals surface area (Å²) in [4.78, 5) is 19.0. The number of carbonyl (C=O) groups is 1. The Balaban J connectivity index is 0.000000225. The highest BCUT2D eigenvalue weighted by molar-refractivity contribution is 9.10. The van der Waals surface area contributed by atoms with Crippen LogP contribution in [0.4, 0.5) is 18.9 Å². The first kappa shape index (κ1) is 31.8. The number of allylic oxidation sites excluding steroid dienone is 4. The Bertz CT molecular complexity index is 1420. The third-order valence-corrected chi connectivity index (χ3v) is 6.93. The van der Waals surface area contributed by atoms with Crippen molar-refractivity contribution in [2.75, 3.05) is 51.6 Å². The van der Waals surface area contributed by atoms with E-state index in [1.807, 2.05) is 31.3 Å². The van der Waals surface area contributed by atoms with Crippen LogP contribution in [0, 0.1) is 11.3 Å². The van der Waals surface area contributed by atoms with Crippen LogP contribution in [0.3, 0.4) is 0 Å². The minimum Gasteiger partial charge on any atom is -0.435 e. The molecule has 1 N–H and O–H groups in total. The zero-order valence-corrected chi connectivity index (χ0v) is 24.2. The molecule has 216 valence electrons. The van der Waals surface area contributed by atoms with Crippen molar-refractivity contribution in [3.8, 4) is 17.5 Å². The minimum atomic E-state index is -4.31. The number of nitrogens with one attached hydrogen (secondary N) is 1. The summed E-state index contributed by atoms with van der Waals surface area (Å²) < 4.78 is 44.3. The van der Waals surface area contributed by atoms with E-state index in [0.29, 0.717) is 35.6 Å². The SMILES string of the molecule is C=C/C=C(\C/C=C\CN1CCN(CC=O)CC1)C(F)(F)F.CNc1ccc(-c2nc3cc(C#N)cc(Br)c3o2)cc1. The number of oxazole rings is 1. The zero-order valence-electron chi connectivity index (χ0n) is 22.6. The summed E-state index contributed by atoms with van der Waals surface area (Å²) in [6.07, 6.45) is 1.91. The molecule has 0 bridgehead atoms. The summed E-state index contributed by atoms with van der Waals surface area (Å²) >= 11 is 3.40. The van der Waals surface area contributed by atoms with Gasteiger partial charge in [0, 0.05) is 56.6 Å². The van der Waals surface area contributed by atoms with E-state index < -0.39 is 11.7 Å². The Morgan fingerprint density at radius 2 is 1.80 bits per heavy atom. The largest absolute Gasteiger partial charge is 0.435 e. The number of hydrogen-bond donors (Lipinski definition) is 1. The Kier molecular flexibility index (Phi) is 11.9. The van der Waals surface area contributed by atoms with Gasteiger partial charge < -0.3 is 14.5 Å². The van der Waals surface area contributed by atoms with E-state index in [0.717, 1.165) is 60.3 Å². The number of nitrogens with zero attached hydrogens (tertiary/aromatic N) is 4. The summed E-state index contributed by atoms with van der Waals surface area (Å²) in [7, 11) is 1.87. The van der Waals surface area contributed by atoms with E-state index >= 15 is 0 Å². The molecule has 0 atom stereocenters. The van der Waals surface area contributed by atoms with Gasteiger partial charge in [-0.15, -0.1) is 0 Å². The number of anilines is 1. The molecule has 3 aromatic rings. The Hall–Kier alpha value is -3.72. The fourth-order valence-corrected chi connectivity index (χ4v) is 4.60. The van der Waals surface area contributed by atoms with Gasteiger partial charge in [0.05, 0.1) is 22.7 Å². The Labute approximate surface area is 245 Å². The van der Waals surface area contributed by atoms with Crippen molar-refractivity contribution in [1.29, 1.82) is 5.26 Å². The number of hydrogen-bond acceptors (Lipinski definition) is 7. The van der Waals surface area contributed by atoms with Gasteiger partial charge in [-0.1, -0.05) is 30.9 Å². The van der Waals surface area contributed by atoms with Gasteiger partial charge >= 0.3 is 6.18 Å². The van der Waals surface area contributed by atoms with Gasteiger partial charge in [0.2, 0.25) is 5.89 Å². The number of alkyl halides is 3. The molecule has 11 heteroatoms. The quantitative estimate of drug-likeness (QED) is 0.162. The highest BCUT2D eigenvalue weighted by Gasteiger charge is 2.31. The molecule has 2 aromatic carbocycles. The minimum absolute atomic E-state index is 0.138. The van der Waals surface area contributed by atoms with Crippen LogP contribution < -0.4 is 5.32 Å². The number of fused-ring (bicyclic) bond motifs is 1. The van der Waals surface area contributed by atoms with Crippen LogP contribution in [-0.4, -0.2) is 73.6 Å². The predicted molar refractivity (Wildman–Crippen MR) is 158 cm³/mol. The fraction of sp³-hybridized carbons (Fsp3) is 0.300. The number of piperazine rings is 1. The van der Waals surface area contributed by atoms with Crippen molar-refractivity contribution in [2.24, 2.45) is 0 Å². The average molecular weight is 631 g/mol. The molecule has 4 rings (SSSR count). The predicted octanol–water partition coefficient (Wildman–Crippen LogP) is 6.59. The maximum Gasteiger partial charge on any atom is 0.412 e. The number of aromatic nitrogens is 1. The molecular formula is C30H31BrF3N5O2. The van der Waals surface area contributed by atoms with Crippen LogP contribution in [0.1, 0.15) is 12.0 Å². The van der Waals surface area contributed by atoms with E-state index in [4.69, 9.17) is 9.68 Å². The maximum atomic E-state index is 12.6. The third-order valence-electron chi connectivity index (χ3n) is 6.34. The number of halogens is 4. The average Bonchev–Trinajstić information content (AvgIpc) is 3.40. The Morgan fingerprint density at radius 3 is 2.37 bits per heavy atom. The molecule has 1 fully saturated rings. The lowest BCUT2D eigenvalue weighted by molar-refractivity contribution is -0.109. The lowest BCUT2D eigenvalue weighted by atomic mass is 10.1. The van der Waals surface area contributed by atoms with Crippen molar-refractivity contribution in [3.63, 3.8) is 0 Å². The molecule has 0 aliphatic carbocycles. The smallest absolute Gasteiger partial charge is 0.412 e. The van der Waals surface area contributed by atoms with E-state index in [1.54, 1.807) is 24.3 Å². The zero-order chi connectivity index (χ0) is 29.8. The van der Waals surface area contributed by atoms with E-state index in [-0.39, 0.29) is 6.42 Å². The van der Waals surface area contributed by atoms with Gasteiger partial charge in [0.15, 0.2) is 5.58 Å². The third kappa shape index (κ3) is 9.42. The molecule has 0 radical (unpaired) electrons. The first-order valence-corrected chi connectivity index (χ1v) is 13.7. The van der Waals surface area contributed by atoms with E-state index in [2.05, 4.69) is 48.7 Å². The highest BCUT2D eigenvalue weighted by atomic mass is 79.9.